The fourth-order valence-corrected chi connectivity index (χ4v) is 6.47. The molecular weight excluding hydrogens is 677 g/mol. The summed E-state index contributed by atoms with van der Waals surface area (Å²) in [5.41, 5.74) is 0. The van der Waals surface area contributed by atoms with Gasteiger partial charge >= 0.3 is 11.9 Å². The molecule has 0 aromatic carbocycles. The fourth-order valence-electron chi connectivity index (χ4n) is 5.74. The van der Waals surface area contributed by atoms with Crippen molar-refractivity contribution < 1.29 is 42.1 Å². The number of likely N-dealkylation sites (N-methyl/N-ethyl adjacent to an activating group) is 1. The quantitative estimate of drug-likeness (QED) is 0.0153. The van der Waals surface area contributed by atoms with E-state index in [1.165, 1.54) is 134 Å². The van der Waals surface area contributed by atoms with Crippen molar-refractivity contribution in [3.05, 3.63) is 24.3 Å². The number of hydrogen-bond acceptors (Lipinski definition) is 8. The summed E-state index contributed by atoms with van der Waals surface area (Å²) in [5, 5.41) is 0. The Labute approximate surface area is 319 Å². The first-order valence-corrected chi connectivity index (χ1v) is 22.5. The summed E-state index contributed by atoms with van der Waals surface area (Å²) in [6.45, 7) is 4.10. The van der Waals surface area contributed by atoms with Crippen LogP contribution >= 0.6 is 7.82 Å². The number of ether oxygens (including phenoxy) is 2. The van der Waals surface area contributed by atoms with Crippen molar-refractivity contribution in [2.24, 2.45) is 0 Å². The third kappa shape index (κ3) is 38.2. The monoisotopic (exact) mass is 758 g/mol. The molecule has 0 spiro atoms. The van der Waals surface area contributed by atoms with Crippen LogP contribution in [-0.2, 0) is 32.7 Å². The molecule has 10 heteroatoms. The summed E-state index contributed by atoms with van der Waals surface area (Å²) >= 11 is 0. The Balaban J connectivity index is 4.48. The molecule has 0 amide bonds. The van der Waals surface area contributed by atoms with Crippen LogP contribution in [0.2, 0.25) is 0 Å². The molecule has 0 aliphatic rings. The van der Waals surface area contributed by atoms with Crippen LogP contribution in [0.25, 0.3) is 0 Å². The Kier molecular flexibility index (Phi) is 34.2. The van der Waals surface area contributed by atoms with Crippen molar-refractivity contribution in [2.45, 2.75) is 187 Å². The molecule has 0 aliphatic heterocycles. The van der Waals surface area contributed by atoms with Crippen molar-refractivity contribution in [3.63, 3.8) is 0 Å². The first kappa shape index (κ1) is 50.5. The van der Waals surface area contributed by atoms with Crippen LogP contribution in [0.15, 0.2) is 24.3 Å². The maximum Gasteiger partial charge on any atom is 0.331 e. The van der Waals surface area contributed by atoms with Gasteiger partial charge in [-0.15, -0.1) is 0 Å². The van der Waals surface area contributed by atoms with Gasteiger partial charge in [-0.1, -0.05) is 173 Å². The van der Waals surface area contributed by atoms with Crippen LogP contribution in [-0.4, -0.2) is 70.0 Å². The molecule has 0 saturated carbocycles. The van der Waals surface area contributed by atoms with Gasteiger partial charge in [0.15, 0.2) is 6.10 Å². The van der Waals surface area contributed by atoms with Crippen LogP contribution in [0.5, 0.6) is 0 Å². The molecule has 52 heavy (non-hydrogen) atoms. The van der Waals surface area contributed by atoms with Gasteiger partial charge in [-0.25, -0.2) is 4.79 Å². The second-order valence-corrected chi connectivity index (χ2v) is 16.8. The lowest BCUT2D eigenvalue weighted by molar-refractivity contribution is -0.870. The van der Waals surface area contributed by atoms with E-state index in [2.05, 4.69) is 13.8 Å². The molecule has 0 fully saturated rings. The first-order valence-electron chi connectivity index (χ1n) is 21.1. The summed E-state index contributed by atoms with van der Waals surface area (Å²) in [6.07, 6.45) is 36.9. The van der Waals surface area contributed by atoms with Crippen molar-refractivity contribution in [2.75, 3.05) is 47.5 Å². The number of carbonyl (C=O) groups is 2. The molecule has 1 unspecified atom stereocenters. The van der Waals surface area contributed by atoms with Crippen molar-refractivity contribution in [3.8, 4) is 0 Å². The van der Waals surface area contributed by atoms with Crippen molar-refractivity contribution in [1.29, 1.82) is 0 Å². The van der Waals surface area contributed by atoms with Gasteiger partial charge < -0.3 is 27.9 Å². The van der Waals surface area contributed by atoms with E-state index in [0.717, 1.165) is 32.1 Å². The van der Waals surface area contributed by atoms with E-state index in [-0.39, 0.29) is 19.6 Å². The highest BCUT2D eigenvalue weighted by molar-refractivity contribution is 7.45. The minimum atomic E-state index is -4.64. The third-order valence-electron chi connectivity index (χ3n) is 9.08. The average Bonchev–Trinajstić information content (AvgIpc) is 3.09. The number of hydrogen-bond donors (Lipinski definition) is 0. The molecule has 2 atom stereocenters. The van der Waals surface area contributed by atoms with Gasteiger partial charge in [-0.2, -0.15) is 0 Å². The van der Waals surface area contributed by atoms with Gasteiger partial charge in [0.2, 0.25) is 0 Å². The van der Waals surface area contributed by atoms with E-state index in [0.29, 0.717) is 11.0 Å². The molecule has 0 rings (SSSR count). The number of nitrogens with zero attached hydrogens (tertiary/aromatic N) is 1. The highest BCUT2D eigenvalue weighted by Crippen LogP contribution is 2.38. The molecule has 9 nitrogen and oxygen atoms in total. The Morgan fingerprint density at radius 1 is 0.635 bits per heavy atom. The maximum atomic E-state index is 12.5. The molecule has 0 N–H and O–H groups in total. The molecule has 0 aromatic rings. The predicted octanol–water partition coefficient (Wildman–Crippen LogP) is 10.9. The van der Waals surface area contributed by atoms with Gasteiger partial charge in [0, 0.05) is 12.5 Å². The minimum absolute atomic E-state index is 0.0445. The largest absolute Gasteiger partial charge is 0.756 e. The summed E-state index contributed by atoms with van der Waals surface area (Å²) in [7, 11) is 1.12. The maximum absolute atomic E-state index is 12.5. The number of phosphoric acid groups is 1. The Bertz CT molecular complexity index is 949. The number of esters is 2. The van der Waals surface area contributed by atoms with Crippen molar-refractivity contribution >= 4 is 19.8 Å². The third-order valence-corrected chi connectivity index (χ3v) is 10.0. The van der Waals surface area contributed by atoms with Gasteiger partial charge in [0.05, 0.1) is 27.7 Å². The highest BCUT2D eigenvalue weighted by Gasteiger charge is 2.21. The van der Waals surface area contributed by atoms with Gasteiger partial charge in [0.1, 0.15) is 19.8 Å². The van der Waals surface area contributed by atoms with E-state index in [9.17, 15) is 19.0 Å². The number of allylic oxidation sites excluding steroid dienone is 3. The normalized spacial score (nSPS) is 13.9. The molecule has 0 heterocycles. The molecule has 0 aromatic heterocycles. The molecule has 0 aliphatic carbocycles. The second-order valence-electron chi connectivity index (χ2n) is 15.4. The number of phosphoric ester groups is 1. The SMILES string of the molecule is CCCCCCCCCCCCC/C=C\C=C/C(=O)O[C@H](COC(=O)CCCCCCCCCCCCCCC)COP(=O)([O-])OCC[N+](C)(C)C. The van der Waals surface area contributed by atoms with Crippen LogP contribution in [0, 0.1) is 0 Å². The smallest absolute Gasteiger partial charge is 0.331 e. The average molecular weight is 758 g/mol. The van der Waals surface area contributed by atoms with E-state index in [4.69, 9.17) is 18.5 Å². The minimum Gasteiger partial charge on any atom is -0.756 e. The zero-order chi connectivity index (χ0) is 38.6. The Hall–Kier alpha value is -1.51. The van der Waals surface area contributed by atoms with E-state index >= 15 is 0 Å². The highest BCUT2D eigenvalue weighted by atomic mass is 31.2. The summed E-state index contributed by atoms with van der Waals surface area (Å²) in [4.78, 5) is 37.3. The zero-order valence-corrected chi connectivity index (χ0v) is 35.2. The predicted molar refractivity (Wildman–Crippen MR) is 213 cm³/mol. The topological polar surface area (TPSA) is 111 Å². The summed E-state index contributed by atoms with van der Waals surface area (Å²) < 4.78 is 33.6. The lowest BCUT2D eigenvalue weighted by Gasteiger charge is -2.28. The lowest BCUT2D eigenvalue weighted by atomic mass is 10.0. The van der Waals surface area contributed by atoms with Crippen LogP contribution in [0.3, 0.4) is 0 Å². The lowest BCUT2D eigenvalue weighted by Crippen LogP contribution is -2.37. The first-order chi connectivity index (χ1) is 25.0. The number of quaternary nitrogens is 1. The second kappa shape index (κ2) is 35.2. The van der Waals surface area contributed by atoms with E-state index in [1.807, 2.05) is 33.3 Å². The van der Waals surface area contributed by atoms with Gasteiger partial charge in [0.25, 0.3) is 7.82 Å². The van der Waals surface area contributed by atoms with Crippen LogP contribution in [0.4, 0.5) is 0 Å². The number of rotatable bonds is 38. The van der Waals surface area contributed by atoms with E-state index < -0.39 is 32.5 Å². The molecular formula is C42H80NO8P. The van der Waals surface area contributed by atoms with Crippen LogP contribution < -0.4 is 4.89 Å². The fraction of sp³-hybridized carbons (Fsp3) is 0.857. The molecule has 0 radical (unpaired) electrons. The molecule has 306 valence electrons. The molecule has 0 bridgehead atoms. The number of unbranched alkanes of at least 4 members (excludes halogenated alkanes) is 23. The summed E-state index contributed by atoms with van der Waals surface area (Å²) in [6, 6.07) is 0. The molecule has 0 saturated heterocycles. The van der Waals surface area contributed by atoms with Gasteiger partial charge in [-0.05, 0) is 19.3 Å². The van der Waals surface area contributed by atoms with Crippen molar-refractivity contribution in [1.82, 2.24) is 0 Å². The van der Waals surface area contributed by atoms with E-state index in [1.54, 1.807) is 6.08 Å². The zero-order valence-electron chi connectivity index (χ0n) is 34.3. The standard InChI is InChI=1S/C42H80NO8P/c1-6-8-10-12-14-16-18-20-21-23-25-27-29-31-33-35-42(45)51-40(39-50-52(46,47)49-37-36-43(3,4)5)38-48-41(44)34-32-30-28-26-24-22-19-17-15-13-11-9-7-2/h29,31,33,35,40H,6-28,30,32,34,36-39H2,1-5H3/b31-29-,35-33-/t40-/m1/s1. The van der Waals surface area contributed by atoms with Gasteiger partial charge in [-0.3, -0.25) is 9.36 Å². The Morgan fingerprint density at radius 3 is 1.58 bits per heavy atom. The van der Waals surface area contributed by atoms with Crippen LogP contribution in [0.1, 0.15) is 181 Å². The Morgan fingerprint density at radius 2 is 1.10 bits per heavy atom. The number of carbonyl (C=O) groups excluding carboxylic acids is 2. The summed E-state index contributed by atoms with van der Waals surface area (Å²) in [5.74, 6) is -1.08.